The number of carbonyl (C=O) groups excluding carboxylic acids is 1. The lowest BCUT2D eigenvalue weighted by atomic mass is 10.2. The predicted molar refractivity (Wildman–Crippen MR) is 93.3 cm³/mol. The summed E-state index contributed by atoms with van der Waals surface area (Å²) in [6, 6.07) is 9.57. The highest BCUT2D eigenvalue weighted by molar-refractivity contribution is 7.17. The van der Waals surface area contributed by atoms with Gasteiger partial charge in [-0.05, 0) is 26.0 Å². The second-order valence-corrected chi connectivity index (χ2v) is 6.66. The minimum atomic E-state index is -0.209. The van der Waals surface area contributed by atoms with Gasteiger partial charge in [0.2, 0.25) is 0 Å². The number of anilines is 1. The Morgan fingerprint density at radius 1 is 1.35 bits per heavy atom. The summed E-state index contributed by atoms with van der Waals surface area (Å²) in [6.07, 6.45) is 0. The molecule has 0 bridgehead atoms. The lowest BCUT2D eigenvalue weighted by Gasteiger charge is -2.10. The van der Waals surface area contributed by atoms with Crippen molar-refractivity contribution in [2.75, 3.05) is 19.0 Å². The minimum absolute atomic E-state index is 0.124. The normalized spacial score (nSPS) is 12.3. The third-order valence-electron chi connectivity index (χ3n) is 3.59. The lowest BCUT2D eigenvalue weighted by Crippen LogP contribution is -2.26. The molecule has 0 radical (unpaired) electrons. The molecule has 0 unspecified atom stereocenters. The van der Waals surface area contributed by atoms with Crippen LogP contribution in [0.1, 0.15) is 34.1 Å². The summed E-state index contributed by atoms with van der Waals surface area (Å²) in [4.78, 5) is 19.4. The molecule has 1 atom stereocenters. The van der Waals surface area contributed by atoms with E-state index >= 15 is 0 Å². The van der Waals surface area contributed by atoms with Crippen molar-refractivity contribution in [1.82, 2.24) is 10.3 Å². The molecule has 2 heterocycles. The van der Waals surface area contributed by atoms with Gasteiger partial charge in [0.25, 0.3) is 5.91 Å². The number of para-hydroxylation sites is 1. The van der Waals surface area contributed by atoms with Gasteiger partial charge in [-0.3, -0.25) is 4.79 Å². The average molecular weight is 329 g/mol. The first-order valence-corrected chi connectivity index (χ1v) is 8.21. The van der Waals surface area contributed by atoms with Crippen LogP contribution < -0.4 is 10.2 Å². The van der Waals surface area contributed by atoms with E-state index in [-0.39, 0.29) is 11.9 Å². The molecule has 0 aliphatic heterocycles. The monoisotopic (exact) mass is 329 g/mol. The van der Waals surface area contributed by atoms with Crippen LogP contribution in [0.25, 0.3) is 11.0 Å². The Morgan fingerprint density at radius 3 is 2.74 bits per heavy atom. The van der Waals surface area contributed by atoms with Crippen LogP contribution in [0.15, 0.2) is 34.7 Å². The molecule has 0 aliphatic carbocycles. The van der Waals surface area contributed by atoms with Gasteiger partial charge in [0, 0.05) is 19.5 Å². The Bertz CT molecular complexity index is 818. The van der Waals surface area contributed by atoms with Gasteiger partial charge in [-0.15, -0.1) is 0 Å². The van der Waals surface area contributed by atoms with E-state index in [0.717, 1.165) is 27.6 Å². The molecule has 2 aromatic heterocycles. The second-order valence-electron chi connectivity index (χ2n) is 5.69. The van der Waals surface area contributed by atoms with Gasteiger partial charge in [-0.25, -0.2) is 4.98 Å². The van der Waals surface area contributed by atoms with E-state index in [1.165, 1.54) is 11.3 Å². The van der Waals surface area contributed by atoms with Crippen molar-refractivity contribution in [2.45, 2.75) is 19.9 Å². The van der Waals surface area contributed by atoms with Crippen LogP contribution in [0.5, 0.6) is 0 Å². The number of fused-ring (bicyclic) bond motifs is 1. The predicted octanol–water partition coefficient (Wildman–Crippen LogP) is 3.75. The maximum Gasteiger partial charge on any atom is 0.263 e. The Hall–Kier alpha value is -2.34. The zero-order valence-corrected chi connectivity index (χ0v) is 14.4. The number of aryl methyl sites for hydroxylation is 1. The Kier molecular flexibility index (Phi) is 4.09. The molecular weight excluding hydrogens is 310 g/mol. The Morgan fingerprint density at radius 2 is 2.09 bits per heavy atom. The highest BCUT2D eigenvalue weighted by Crippen LogP contribution is 2.27. The maximum absolute atomic E-state index is 12.5. The van der Waals surface area contributed by atoms with Gasteiger partial charge in [0.1, 0.15) is 16.2 Å². The van der Waals surface area contributed by atoms with Crippen molar-refractivity contribution in [3.05, 3.63) is 46.7 Å². The molecular formula is C17H19N3O2S. The smallest absolute Gasteiger partial charge is 0.263 e. The van der Waals surface area contributed by atoms with E-state index in [1.807, 2.05) is 63.2 Å². The molecule has 0 spiro atoms. The topological polar surface area (TPSA) is 58.4 Å². The summed E-state index contributed by atoms with van der Waals surface area (Å²) in [7, 11) is 3.83. The summed E-state index contributed by atoms with van der Waals surface area (Å²) < 4.78 is 5.81. The van der Waals surface area contributed by atoms with Crippen molar-refractivity contribution in [1.29, 1.82) is 0 Å². The number of nitrogens with one attached hydrogen (secondary N) is 1. The maximum atomic E-state index is 12.5. The zero-order valence-electron chi connectivity index (χ0n) is 13.6. The molecule has 3 aromatic rings. The van der Waals surface area contributed by atoms with Crippen LogP contribution in [-0.2, 0) is 0 Å². The van der Waals surface area contributed by atoms with Gasteiger partial charge in [0.05, 0.1) is 11.7 Å². The Balaban J connectivity index is 1.79. The number of furan rings is 1. The van der Waals surface area contributed by atoms with Crippen LogP contribution in [0, 0.1) is 6.92 Å². The molecule has 0 aliphatic rings. The fourth-order valence-corrected chi connectivity index (χ4v) is 3.23. The third kappa shape index (κ3) is 3.07. The van der Waals surface area contributed by atoms with Crippen molar-refractivity contribution in [3.63, 3.8) is 0 Å². The van der Waals surface area contributed by atoms with Crippen LogP contribution in [0.3, 0.4) is 0 Å². The number of thiazole rings is 1. The van der Waals surface area contributed by atoms with E-state index in [0.29, 0.717) is 4.88 Å². The van der Waals surface area contributed by atoms with Crippen LogP contribution in [-0.4, -0.2) is 25.0 Å². The van der Waals surface area contributed by atoms with Crippen LogP contribution in [0.2, 0.25) is 0 Å². The van der Waals surface area contributed by atoms with E-state index in [9.17, 15) is 4.79 Å². The molecule has 6 heteroatoms. The van der Waals surface area contributed by atoms with E-state index < -0.39 is 0 Å². The zero-order chi connectivity index (χ0) is 16.6. The number of amides is 1. The third-order valence-corrected chi connectivity index (χ3v) is 4.92. The molecule has 1 aromatic carbocycles. The SMILES string of the molecule is Cc1nc(N(C)C)sc1C(=O)N[C@H](C)c1cc2ccccc2o1. The lowest BCUT2D eigenvalue weighted by molar-refractivity contribution is 0.0939. The molecule has 5 nitrogen and oxygen atoms in total. The van der Waals surface area contributed by atoms with Gasteiger partial charge in [0.15, 0.2) is 5.13 Å². The number of aromatic nitrogens is 1. The quantitative estimate of drug-likeness (QED) is 0.792. The number of nitrogens with zero attached hydrogens (tertiary/aromatic N) is 2. The van der Waals surface area contributed by atoms with E-state index in [2.05, 4.69) is 10.3 Å². The van der Waals surface area contributed by atoms with Crippen LogP contribution in [0.4, 0.5) is 5.13 Å². The van der Waals surface area contributed by atoms with Crippen molar-refractivity contribution >= 4 is 33.3 Å². The largest absolute Gasteiger partial charge is 0.459 e. The molecule has 23 heavy (non-hydrogen) atoms. The highest BCUT2D eigenvalue weighted by Gasteiger charge is 2.20. The summed E-state index contributed by atoms with van der Waals surface area (Å²) in [5.41, 5.74) is 1.57. The van der Waals surface area contributed by atoms with Crippen molar-refractivity contribution in [3.8, 4) is 0 Å². The molecule has 1 amide bonds. The molecule has 0 saturated carbocycles. The number of benzene rings is 1. The van der Waals surface area contributed by atoms with Crippen molar-refractivity contribution < 1.29 is 9.21 Å². The van der Waals surface area contributed by atoms with Gasteiger partial charge < -0.3 is 14.6 Å². The average Bonchev–Trinajstić information content (AvgIpc) is 3.10. The number of carbonyl (C=O) groups is 1. The van der Waals surface area contributed by atoms with E-state index in [1.54, 1.807) is 0 Å². The second kappa shape index (κ2) is 6.04. The molecule has 1 N–H and O–H groups in total. The van der Waals surface area contributed by atoms with Gasteiger partial charge in [-0.2, -0.15) is 0 Å². The first-order valence-electron chi connectivity index (χ1n) is 7.40. The first kappa shape index (κ1) is 15.6. The summed E-state index contributed by atoms with van der Waals surface area (Å²) in [5, 5.41) is 4.84. The number of rotatable bonds is 4. The summed E-state index contributed by atoms with van der Waals surface area (Å²) in [6.45, 7) is 3.77. The standard InChI is InChI=1S/C17H19N3O2S/c1-10(14-9-12-7-5-6-8-13(12)22-14)18-16(21)15-11(2)19-17(23-15)20(3)4/h5-10H,1-4H3,(H,18,21)/t10-/m1/s1. The van der Waals surface area contributed by atoms with E-state index in [4.69, 9.17) is 4.42 Å². The fourth-order valence-electron chi connectivity index (χ4n) is 2.33. The highest BCUT2D eigenvalue weighted by atomic mass is 32.1. The molecule has 3 rings (SSSR count). The first-order chi connectivity index (χ1) is 11.0. The molecule has 120 valence electrons. The number of hydrogen-bond donors (Lipinski definition) is 1. The minimum Gasteiger partial charge on any atom is -0.459 e. The van der Waals surface area contributed by atoms with Gasteiger partial charge in [-0.1, -0.05) is 29.5 Å². The fraction of sp³-hybridized carbons (Fsp3) is 0.294. The Labute approximate surface area is 138 Å². The van der Waals surface area contributed by atoms with Gasteiger partial charge >= 0.3 is 0 Å². The number of hydrogen-bond acceptors (Lipinski definition) is 5. The van der Waals surface area contributed by atoms with Crippen molar-refractivity contribution in [2.24, 2.45) is 0 Å². The summed E-state index contributed by atoms with van der Waals surface area (Å²) >= 11 is 1.39. The van der Waals surface area contributed by atoms with Crippen LogP contribution >= 0.6 is 11.3 Å². The molecule has 0 fully saturated rings. The molecule has 0 saturated heterocycles. The summed E-state index contributed by atoms with van der Waals surface area (Å²) in [5.74, 6) is 0.621.